The highest BCUT2D eigenvalue weighted by molar-refractivity contribution is 9.10. The maximum atomic E-state index is 10.8. The van der Waals surface area contributed by atoms with Crippen LogP contribution in [0.15, 0.2) is 52.0 Å². The summed E-state index contributed by atoms with van der Waals surface area (Å²) in [7, 11) is 0. The molecule has 1 heterocycles. The average Bonchev–Trinajstić information content (AvgIpc) is 2.38. The molecule has 0 aliphatic heterocycles. The van der Waals surface area contributed by atoms with Gasteiger partial charge in [-0.2, -0.15) is 0 Å². The third-order valence-corrected chi connectivity index (χ3v) is 3.79. The Bertz CT molecular complexity index is 560. The van der Waals surface area contributed by atoms with Gasteiger partial charge in [-0.1, -0.05) is 12.1 Å². The highest BCUT2D eigenvalue weighted by Gasteiger charge is 2.12. The van der Waals surface area contributed by atoms with Gasteiger partial charge in [0.2, 0.25) is 0 Å². The van der Waals surface area contributed by atoms with Crippen LogP contribution in [0.1, 0.15) is 5.69 Å². The first-order chi connectivity index (χ1) is 8.66. The number of pyridine rings is 1. The summed E-state index contributed by atoms with van der Waals surface area (Å²) in [6.45, 7) is 0. The fraction of sp³-hybridized carbons (Fsp3) is 0.0833. The van der Waals surface area contributed by atoms with E-state index in [4.69, 9.17) is 0 Å². The summed E-state index contributed by atoms with van der Waals surface area (Å²) < 4.78 is 0.918. The van der Waals surface area contributed by atoms with E-state index in [1.165, 1.54) is 17.8 Å². The minimum Gasteiger partial charge on any atom is -0.259 e. The molecule has 0 bridgehead atoms. The predicted octanol–water partition coefficient (Wildman–Crippen LogP) is 4.04. The number of para-hydroxylation sites is 1. The second-order valence-electron chi connectivity index (χ2n) is 3.48. The summed E-state index contributed by atoms with van der Waals surface area (Å²) in [5.74, 6) is 0.609. The van der Waals surface area contributed by atoms with Gasteiger partial charge in [-0.25, -0.2) is 0 Å². The summed E-state index contributed by atoms with van der Waals surface area (Å²) in [5.41, 5.74) is 1.03. The van der Waals surface area contributed by atoms with Crippen LogP contribution in [0, 0.1) is 10.1 Å². The van der Waals surface area contributed by atoms with E-state index in [1.807, 2.05) is 12.1 Å². The Balaban J connectivity index is 2.10. The standard InChI is InChI=1S/C12H9BrN2O2S/c13-9-5-6-10(14-7-9)8-18-12-4-2-1-3-11(12)15(16)17/h1-7H,8H2. The van der Waals surface area contributed by atoms with Gasteiger partial charge in [0.05, 0.1) is 15.5 Å². The molecule has 0 aliphatic rings. The normalized spacial score (nSPS) is 10.3. The number of nitrogens with zero attached hydrogens (tertiary/aromatic N) is 2. The molecule has 0 saturated carbocycles. The molecule has 1 aromatic carbocycles. The van der Waals surface area contributed by atoms with Crippen LogP contribution in [0.25, 0.3) is 0 Å². The Morgan fingerprint density at radius 2 is 2.06 bits per heavy atom. The van der Waals surface area contributed by atoms with Crippen LogP contribution < -0.4 is 0 Å². The number of rotatable bonds is 4. The summed E-state index contributed by atoms with van der Waals surface area (Å²) in [6.07, 6.45) is 1.72. The molecule has 0 atom stereocenters. The number of nitro benzene ring substituents is 1. The zero-order valence-electron chi connectivity index (χ0n) is 9.25. The second kappa shape index (κ2) is 5.97. The summed E-state index contributed by atoms with van der Waals surface area (Å²) in [5, 5.41) is 10.8. The van der Waals surface area contributed by atoms with E-state index in [0.717, 1.165) is 10.2 Å². The van der Waals surface area contributed by atoms with Gasteiger partial charge < -0.3 is 0 Å². The van der Waals surface area contributed by atoms with Gasteiger partial charge in [0.1, 0.15) is 0 Å². The lowest BCUT2D eigenvalue weighted by molar-refractivity contribution is -0.387. The molecule has 18 heavy (non-hydrogen) atoms. The van der Waals surface area contributed by atoms with E-state index in [9.17, 15) is 10.1 Å². The van der Waals surface area contributed by atoms with E-state index in [2.05, 4.69) is 20.9 Å². The van der Waals surface area contributed by atoms with Crippen LogP contribution in [-0.2, 0) is 5.75 Å². The van der Waals surface area contributed by atoms with Crippen molar-refractivity contribution in [2.24, 2.45) is 0 Å². The van der Waals surface area contributed by atoms with Crippen molar-refractivity contribution in [3.8, 4) is 0 Å². The second-order valence-corrected chi connectivity index (χ2v) is 5.41. The van der Waals surface area contributed by atoms with E-state index >= 15 is 0 Å². The maximum Gasteiger partial charge on any atom is 0.282 e. The first-order valence-corrected chi connectivity index (χ1v) is 6.91. The van der Waals surface area contributed by atoms with Crippen molar-refractivity contribution < 1.29 is 4.92 Å². The molecule has 0 spiro atoms. The van der Waals surface area contributed by atoms with Gasteiger partial charge in [-0.15, -0.1) is 11.8 Å². The fourth-order valence-electron chi connectivity index (χ4n) is 1.37. The molecule has 2 rings (SSSR count). The summed E-state index contributed by atoms with van der Waals surface area (Å²) in [6, 6.07) is 10.5. The first-order valence-electron chi connectivity index (χ1n) is 5.13. The number of thioether (sulfide) groups is 1. The number of benzene rings is 1. The van der Waals surface area contributed by atoms with Crippen LogP contribution in [0.2, 0.25) is 0 Å². The van der Waals surface area contributed by atoms with E-state index < -0.39 is 0 Å². The lowest BCUT2D eigenvalue weighted by atomic mass is 10.3. The minimum atomic E-state index is -0.364. The van der Waals surface area contributed by atoms with Crippen LogP contribution in [-0.4, -0.2) is 9.91 Å². The van der Waals surface area contributed by atoms with Crippen molar-refractivity contribution in [2.75, 3.05) is 0 Å². The van der Waals surface area contributed by atoms with E-state index in [0.29, 0.717) is 10.6 Å². The lowest BCUT2D eigenvalue weighted by Crippen LogP contribution is -1.91. The van der Waals surface area contributed by atoms with E-state index in [1.54, 1.807) is 24.4 Å². The van der Waals surface area contributed by atoms with Crippen LogP contribution in [0.3, 0.4) is 0 Å². The minimum absolute atomic E-state index is 0.139. The van der Waals surface area contributed by atoms with Crippen molar-refractivity contribution in [3.05, 3.63) is 62.9 Å². The van der Waals surface area contributed by atoms with Gasteiger partial charge in [0, 0.05) is 22.5 Å². The third-order valence-electron chi connectivity index (χ3n) is 2.23. The molecule has 0 N–H and O–H groups in total. The number of hydrogen-bond acceptors (Lipinski definition) is 4. The third kappa shape index (κ3) is 3.30. The number of aromatic nitrogens is 1. The Hall–Kier alpha value is -1.40. The van der Waals surface area contributed by atoms with Gasteiger partial charge >= 0.3 is 0 Å². The Morgan fingerprint density at radius 1 is 1.28 bits per heavy atom. The topological polar surface area (TPSA) is 56.0 Å². The monoisotopic (exact) mass is 324 g/mol. The zero-order valence-corrected chi connectivity index (χ0v) is 11.6. The zero-order chi connectivity index (χ0) is 13.0. The maximum absolute atomic E-state index is 10.8. The Kier molecular flexibility index (Phi) is 4.33. The molecule has 0 fully saturated rings. The SMILES string of the molecule is O=[N+]([O-])c1ccccc1SCc1ccc(Br)cn1. The predicted molar refractivity (Wildman–Crippen MR) is 74.6 cm³/mol. The molecule has 0 saturated heterocycles. The van der Waals surface area contributed by atoms with Gasteiger partial charge in [0.25, 0.3) is 5.69 Å². The molecule has 0 amide bonds. The Labute approximate surface area is 117 Å². The summed E-state index contributed by atoms with van der Waals surface area (Å²) in [4.78, 5) is 15.4. The number of nitro groups is 1. The average molecular weight is 325 g/mol. The molecule has 0 aliphatic carbocycles. The van der Waals surface area contributed by atoms with Crippen LogP contribution >= 0.6 is 27.7 Å². The van der Waals surface area contributed by atoms with Crippen molar-refractivity contribution in [2.45, 2.75) is 10.6 Å². The van der Waals surface area contributed by atoms with Crippen LogP contribution in [0.4, 0.5) is 5.69 Å². The molecule has 0 unspecified atom stereocenters. The quantitative estimate of drug-likeness (QED) is 0.483. The fourth-order valence-corrected chi connectivity index (χ4v) is 2.55. The molecular weight excluding hydrogens is 316 g/mol. The molecule has 0 radical (unpaired) electrons. The molecule has 2 aromatic rings. The highest BCUT2D eigenvalue weighted by Crippen LogP contribution is 2.30. The molecule has 92 valence electrons. The summed E-state index contributed by atoms with van der Waals surface area (Å²) >= 11 is 4.73. The Morgan fingerprint density at radius 3 is 2.72 bits per heavy atom. The number of hydrogen-bond donors (Lipinski definition) is 0. The molecule has 1 aromatic heterocycles. The molecular formula is C12H9BrN2O2S. The van der Waals surface area contributed by atoms with Crippen molar-refractivity contribution in [1.29, 1.82) is 0 Å². The van der Waals surface area contributed by atoms with Crippen molar-refractivity contribution >= 4 is 33.4 Å². The highest BCUT2D eigenvalue weighted by atomic mass is 79.9. The largest absolute Gasteiger partial charge is 0.282 e. The van der Waals surface area contributed by atoms with Gasteiger partial charge in [-0.3, -0.25) is 15.1 Å². The molecule has 4 nitrogen and oxygen atoms in total. The number of halogens is 1. The lowest BCUT2D eigenvalue weighted by Gasteiger charge is -2.02. The first kappa shape index (κ1) is 13.0. The molecule has 6 heteroatoms. The van der Waals surface area contributed by atoms with Crippen molar-refractivity contribution in [1.82, 2.24) is 4.98 Å². The van der Waals surface area contributed by atoms with Gasteiger partial charge in [-0.05, 0) is 34.1 Å². The van der Waals surface area contributed by atoms with Crippen LogP contribution in [0.5, 0.6) is 0 Å². The smallest absolute Gasteiger partial charge is 0.259 e. The van der Waals surface area contributed by atoms with Crippen molar-refractivity contribution in [3.63, 3.8) is 0 Å². The van der Waals surface area contributed by atoms with E-state index in [-0.39, 0.29) is 10.6 Å². The van der Waals surface area contributed by atoms with Gasteiger partial charge in [0.15, 0.2) is 0 Å².